The van der Waals surface area contributed by atoms with Gasteiger partial charge < -0.3 is 19.8 Å². The topological polar surface area (TPSA) is 114 Å². The Kier molecular flexibility index (Phi) is 7.22. The number of pyridine rings is 1. The molecule has 6 rings (SSSR count). The molecule has 1 fully saturated rings. The first-order valence-corrected chi connectivity index (χ1v) is 13.5. The van der Waals surface area contributed by atoms with E-state index in [1.807, 2.05) is 55.5 Å². The number of cyclic esters (lactones) is 1. The summed E-state index contributed by atoms with van der Waals surface area (Å²) in [6, 6.07) is 20.0. The van der Waals surface area contributed by atoms with Gasteiger partial charge in [0.1, 0.15) is 30.3 Å². The van der Waals surface area contributed by atoms with Gasteiger partial charge in [0.25, 0.3) is 5.91 Å². The minimum atomic E-state index is -1.26. The zero-order valence-corrected chi connectivity index (χ0v) is 22.9. The Bertz CT molecular complexity index is 1740. The van der Waals surface area contributed by atoms with E-state index in [1.165, 1.54) is 18.0 Å². The van der Waals surface area contributed by atoms with Crippen molar-refractivity contribution in [3.63, 3.8) is 0 Å². The van der Waals surface area contributed by atoms with Crippen LogP contribution in [0.5, 0.6) is 0 Å². The highest BCUT2D eigenvalue weighted by molar-refractivity contribution is 6.04. The molecule has 0 unspecified atom stereocenters. The predicted octanol–water partition coefficient (Wildman–Crippen LogP) is 5.90. The summed E-state index contributed by atoms with van der Waals surface area (Å²) in [5.41, 5.74) is 5.04. The number of fused-ring (bicyclic) bond motifs is 1. The molecule has 1 saturated heterocycles. The number of carbonyl (C=O) groups excluding carboxylic acids is 2. The van der Waals surface area contributed by atoms with Crippen LogP contribution in [0.15, 0.2) is 91.5 Å². The molecule has 10 nitrogen and oxygen atoms in total. The summed E-state index contributed by atoms with van der Waals surface area (Å²) in [4.78, 5) is 39.0. The van der Waals surface area contributed by atoms with Crippen LogP contribution in [0.3, 0.4) is 0 Å². The highest BCUT2D eigenvalue weighted by Crippen LogP contribution is 2.27. The van der Waals surface area contributed by atoms with Gasteiger partial charge in [-0.2, -0.15) is 4.98 Å². The number of halogens is 1. The third-order valence-electron chi connectivity index (χ3n) is 7.21. The van der Waals surface area contributed by atoms with E-state index in [2.05, 4.69) is 25.6 Å². The van der Waals surface area contributed by atoms with Crippen molar-refractivity contribution in [1.29, 1.82) is 0 Å². The van der Waals surface area contributed by atoms with Gasteiger partial charge in [0.05, 0.1) is 11.6 Å². The Morgan fingerprint density at radius 3 is 2.45 bits per heavy atom. The van der Waals surface area contributed by atoms with Gasteiger partial charge in [0.2, 0.25) is 5.95 Å². The zero-order valence-electron chi connectivity index (χ0n) is 22.9. The predicted molar refractivity (Wildman–Crippen MR) is 157 cm³/mol. The molecule has 0 saturated carbocycles. The number of anilines is 3. The SMILES string of the molecule is C[C@H](Nc1nccc(N2C(=O)OC[C@@H]2[C@H](C)F)n1)c1ccc(-c2ccc(NC(=O)c3ccc4nccn4c3)cc2)cc1. The quantitative estimate of drug-likeness (QED) is 0.241. The molecule has 1 aliphatic rings. The average molecular weight is 566 g/mol. The summed E-state index contributed by atoms with van der Waals surface area (Å²) in [6.45, 7) is 3.35. The van der Waals surface area contributed by atoms with E-state index in [1.54, 1.807) is 41.2 Å². The van der Waals surface area contributed by atoms with Gasteiger partial charge in [-0.3, -0.25) is 9.69 Å². The molecule has 4 heterocycles. The number of amides is 2. The lowest BCUT2D eigenvalue weighted by Crippen LogP contribution is -2.39. The number of nitrogens with one attached hydrogen (secondary N) is 2. The maximum atomic E-state index is 14.0. The summed E-state index contributed by atoms with van der Waals surface area (Å²) in [7, 11) is 0. The molecule has 5 aromatic rings. The third-order valence-corrected chi connectivity index (χ3v) is 7.21. The monoisotopic (exact) mass is 565 g/mol. The number of hydrogen-bond donors (Lipinski definition) is 2. The van der Waals surface area contributed by atoms with Crippen molar-refractivity contribution < 1.29 is 18.7 Å². The van der Waals surface area contributed by atoms with E-state index < -0.39 is 18.3 Å². The van der Waals surface area contributed by atoms with E-state index in [-0.39, 0.29) is 24.4 Å². The van der Waals surface area contributed by atoms with Gasteiger partial charge in [-0.05, 0) is 60.9 Å². The molecule has 11 heteroatoms. The molecule has 1 aliphatic heterocycles. The molecule has 0 aliphatic carbocycles. The highest BCUT2D eigenvalue weighted by atomic mass is 19.1. The van der Waals surface area contributed by atoms with Crippen molar-refractivity contribution in [2.24, 2.45) is 0 Å². The Labute approximate surface area is 241 Å². The second kappa shape index (κ2) is 11.3. The number of imidazole rings is 1. The zero-order chi connectivity index (χ0) is 29.2. The third kappa shape index (κ3) is 5.49. The molecule has 3 aromatic heterocycles. The van der Waals surface area contributed by atoms with Gasteiger partial charge in [0, 0.05) is 30.5 Å². The van der Waals surface area contributed by atoms with Crippen molar-refractivity contribution in [3.05, 3.63) is 103 Å². The Morgan fingerprint density at radius 1 is 0.976 bits per heavy atom. The number of benzene rings is 2. The standard InChI is InChI=1S/C31H28FN7O3/c1-19(32)26-18-42-31(41)39(26)28-13-14-34-30(37-28)35-20(2)21-3-5-22(6-4-21)23-7-10-25(11-8-23)36-29(40)24-9-12-27-33-15-16-38(27)17-24/h3-17,19-20,26H,18H2,1-2H3,(H,36,40)(H,34,35,37)/t19-,20-,26+/m0/s1. The molecule has 0 bridgehead atoms. The molecule has 3 atom stereocenters. The average Bonchev–Trinajstić information content (AvgIpc) is 3.64. The van der Waals surface area contributed by atoms with Crippen LogP contribution < -0.4 is 15.5 Å². The number of carbonyl (C=O) groups is 2. The number of hydrogen-bond acceptors (Lipinski definition) is 7. The summed E-state index contributed by atoms with van der Waals surface area (Å²) >= 11 is 0. The van der Waals surface area contributed by atoms with E-state index in [9.17, 15) is 14.0 Å². The van der Waals surface area contributed by atoms with E-state index in [0.717, 1.165) is 22.3 Å². The van der Waals surface area contributed by atoms with Crippen LogP contribution in [-0.4, -0.2) is 50.2 Å². The lowest BCUT2D eigenvalue weighted by molar-refractivity contribution is 0.102. The van der Waals surface area contributed by atoms with Gasteiger partial charge in [-0.25, -0.2) is 19.2 Å². The molecule has 2 amide bonds. The first-order valence-electron chi connectivity index (χ1n) is 13.5. The number of ether oxygens (including phenoxy) is 1. The fourth-order valence-electron chi connectivity index (χ4n) is 4.84. The largest absolute Gasteiger partial charge is 0.447 e. The van der Waals surface area contributed by atoms with Crippen LogP contribution >= 0.6 is 0 Å². The molecule has 212 valence electrons. The Balaban J connectivity index is 1.09. The number of alkyl halides is 1. The van der Waals surface area contributed by atoms with Crippen molar-refractivity contribution in [2.75, 3.05) is 22.1 Å². The molecule has 0 spiro atoms. The van der Waals surface area contributed by atoms with E-state index in [0.29, 0.717) is 17.2 Å². The number of nitrogens with zero attached hydrogens (tertiary/aromatic N) is 5. The fourth-order valence-corrected chi connectivity index (χ4v) is 4.84. The lowest BCUT2D eigenvalue weighted by atomic mass is 10.0. The van der Waals surface area contributed by atoms with Crippen LogP contribution in [0.4, 0.5) is 26.6 Å². The fraction of sp³-hybridized carbons (Fsp3) is 0.194. The van der Waals surface area contributed by atoms with Crippen molar-refractivity contribution >= 4 is 35.1 Å². The second-order valence-electron chi connectivity index (χ2n) is 10.1. The summed E-state index contributed by atoms with van der Waals surface area (Å²) in [5.74, 6) is 0.401. The summed E-state index contributed by atoms with van der Waals surface area (Å²) < 4.78 is 20.9. The van der Waals surface area contributed by atoms with Crippen LogP contribution in [0.1, 0.15) is 35.8 Å². The lowest BCUT2D eigenvalue weighted by Gasteiger charge is -2.22. The normalized spacial score (nSPS) is 16.2. The number of rotatable bonds is 8. The van der Waals surface area contributed by atoms with Gasteiger partial charge in [0.15, 0.2) is 0 Å². The molecule has 2 aromatic carbocycles. The Hall–Kier alpha value is -5.32. The van der Waals surface area contributed by atoms with Crippen molar-refractivity contribution in [2.45, 2.75) is 32.1 Å². The summed E-state index contributed by atoms with van der Waals surface area (Å²) in [6.07, 6.45) is 4.87. The van der Waals surface area contributed by atoms with Crippen LogP contribution in [-0.2, 0) is 4.74 Å². The maximum absolute atomic E-state index is 14.0. The number of aromatic nitrogens is 4. The van der Waals surface area contributed by atoms with Crippen LogP contribution in [0.25, 0.3) is 16.8 Å². The van der Waals surface area contributed by atoms with Gasteiger partial charge >= 0.3 is 6.09 Å². The van der Waals surface area contributed by atoms with Crippen LogP contribution in [0.2, 0.25) is 0 Å². The Morgan fingerprint density at radius 2 is 1.71 bits per heavy atom. The minimum Gasteiger partial charge on any atom is -0.447 e. The van der Waals surface area contributed by atoms with Crippen LogP contribution in [0, 0.1) is 0 Å². The molecule has 42 heavy (non-hydrogen) atoms. The van der Waals surface area contributed by atoms with E-state index in [4.69, 9.17) is 4.74 Å². The van der Waals surface area contributed by atoms with Crippen molar-refractivity contribution in [1.82, 2.24) is 19.4 Å². The minimum absolute atomic E-state index is 0.0209. The molecule has 2 N–H and O–H groups in total. The first-order chi connectivity index (χ1) is 20.4. The smallest absolute Gasteiger partial charge is 0.416 e. The molecular weight excluding hydrogens is 537 g/mol. The second-order valence-corrected chi connectivity index (χ2v) is 10.1. The van der Waals surface area contributed by atoms with Gasteiger partial charge in [-0.15, -0.1) is 0 Å². The van der Waals surface area contributed by atoms with Gasteiger partial charge in [-0.1, -0.05) is 36.4 Å². The first kappa shape index (κ1) is 26.9. The highest BCUT2D eigenvalue weighted by Gasteiger charge is 2.39. The molecular formula is C31H28FN7O3. The van der Waals surface area contributed by atoms with E-state index >= 15 is 0 Å². The molecule has 0 radical (unpaired) electrons. The maximum Gasteiger partial charge on any atom is 0.416 e. The summed E-state index contributed by atoms with van der Waals surface area (Å²) in [5, 5.41) is 6.18. The van der Waals surface area contributed by atoms with Crippen molar-refractivity contribution in [3.8, 4) is 11.1 Å².